The highest BCUT2D eigenvalue weighted by atomic mass is 79.9. The molecule has 1 atom stereocenters. The zero-order valence-corrected chi connectivity index (χ0v) is 16.9. The Bertz CT molecular complexity index is 941. The molecule has 0 saturated carbocycles. The van der Waals surface area contributed by atoms with Gasteiger partial charge < -0.3 is 14.2 Å². The summed E-state index contributed by atoms with van der Waals surface area (Å²) in [7, 11) is 1.68. The summed E-state index contributed by atoms with van der Waals surface area (Å²) in [5.74, 6) is 1.34. The number of likely N-dealkylation sites (N-methyl/N-ethyl adjacent to an activating group) is 1. The van der Waals surface area contributed by atoms with Crippen LogP contribution in [0.2, 0.25) is 0 Å². The van der Waals surface area contributed by atoms with Crippen LogP contribution in [0.3, 0.4) is 0 Å². The van der Waals surface area contributed by atoms with Crippen LogP contribution in [-0.4, -0.2) is 34.1 Å². The molecular formula is C20H20BrN3O3. The van der Waals surface area contributed by atoms with Gasteiger partial charge in [-0.2, -0.15) is 4.98 Å². The quantitative estimate of drug-likeness (QED) is 0.586. The number of ether oxygens (including phenoxy) is 1. The lowest BCUT2D eigenvalue weighted by molar-refractivity contribution is -0.137. The summed E-state index contributed by atoms with van der Waals surface area (Å²) in [6, 6.07) is 15.2. The van der Waals surface area contributed by atoms with E-state index < -0.39 is 6.10 Å². The van der Waals surface area contributed by atoms with Crippen LogP contribution < -0.4 is 4.74 Å². The zero-order chi connectivity index (χ0) is 19.4. The average molecular weight is 430 g/mol. The van der Waals surface area contributed by atoms with Crippen LogP contribution in [0.5, 0.6) is 5.75 Å². The van der Waals surface area contributed by atoms with Gasteiger partial charge in [0, 0.05) is 17.1 Å². The van der Waals surface area contributed by atoms with E-state index in [-0.39, 0.29) is 12.5 Å². The highest BCUT2D eigenvalue weighted by Gasteiger charge is 2.21. The molecule has 0 radical (unpaired) electrons. The van der Waals surface area contributed by atoms with Crippen molar-refractivity contribution in [3.8, 4) is 17.1 Å². The third kappa shape index (κ3) is 4.95. The minimum Gasteiger partial charge on any atom is -0.481 e. The third-order valence-corrected chi connectivity index (χ3v) is 4.44. The Morgan fingerprint density at radius 1 is 1.26 bits per heavy atom. The van der Waals surface area contributed by atoms with E-state index in [1.54, 1.807) is 14.0 Å². The maximum atomic E-state index is 12.6. The van der Waals surface area contributed by atoms with Crippen LogP contribution in [0.25, 0.3) is 11.4 Å². The van der Waals surface area contributed by atoms with Gasteiger partial charge in [-0.05, 0) is 43.7 Å². The molecule has 6 nitrogen and oxygen atoms in total. The molecule has 0 spiro atoms. The van der Waals surface area contributed by atoms with Crippen molar-refractivity contribution in [1.29, 1.82) is 0 Å². The summed E-state index contributed by atoms with van der Waals surface area (Å²) in [5.41, 5.74) is 1.91. The van der Waals surface area contributed by atoms with Gasteiger partial charge >= 0.3 is 0 Å². The number of amides is 1. The topological polar surface area (TPSA) is 68.5 Å². The Balaban J connectivity index is 1.62. The van der Waals surface area contributed by atoms with Crippen molar-refractivity contribution in [3.05, 3.63) is 64.5 Å². The molecule has 0 N–H and O–H groups in total. The van der Waals surface area contributed by atoms with Gasteiger partial charge in [0.15, 0.2) is 6.10 Å². The van der Waals surface area contributed by atoms with Crippen molar-refractivity contribution >= 4 is 21.8 Å². The van der Waals surface area contributed by atoms with Gasteiger partial charge in [0.25, 0.3) is 5.91 Å². The number of hydrogen-bond acceptors (Lipinski definition) is 5. The normalized spacial score (nSPS) is 11.9. The molecule has 0 aliphatic carbocycles. The smallest absolute Gasteiger partial charge is 0.263 e. The van der Waals surface area contributed by atoms with Gasteiger partial charge in [0.2, 0.25) is 11.7 Å². The molecule has 7 heteroatoms. The van der Waals surface area contributed by atoms with Crippen molar-refractivity contribution in [3.63, 3.8) is 0 Å². The summed E-state index contributed by atoms with van der Waals surface area (Å²) in [4.78, 5) is 18.4. The summed E-state index contributed by atoms with van der Waals surface area (Å²) < 4.78 is 12.0. The maximum absolute atomic E-state index is 12.6. The number of hydrogen-bond donors (Lipinski definition) is 0. The predicted octanol–water partition coefficient (Wildman–Crippen LogP) is 4.23. The van der Waals surface area contributed by atoms with Crippen molar-refractivity contribution in [2.75, 3.05) is 7.05 Å². The number of aromatic nitrogens is 2. The molecule has 1 amide bonds. The van der Waals surface area contributed by atoms with Crippen molar-refractivity contribution < 1.29 is 14.1 Å². The Labute approximate surface area is 166 Å². The van der Waals surface area contributed by atoms with Gasteiger partial charge in [-0.25, -0.2) is 0 Å². The van der Waals surface area contributed by atoms with Crippen LogP contribution in [0.15, 0.2) is 57.5 Å². The second-order valence-electron chi connectivity index (χ2n) is 6.29. The lowest BCUT2D eigenvalue weighted by Crippen LogP contribution is -2.37. The van der Waals surface area contributed by atoms with Gasteiger partial charge in [0.05, 0.1) is 6.54 Å². The summed E-state index contributed by atoms with van der Waals surface area (Å²) in [6.45, 7) is 3.91. The van der Waals surface area contributed by atoms with Crippen LogP contribution >= 0.6 is 15.9 Å². The van der Waals surface area contributed by atoms with E-state index in [2.05, 4.69) is 26.1 Å². The van der Waals surface area contributed by atoms with E-state index in [9.17, 15) is 4.79 Å². The second-order valence-corrected chi connectivity index (χ2v) is 7.21. The molecule has 140 valence electrons. The Hall–Kier alpha value is -2.67. The summed E-state index contributed by atoms with van der Waals surface area (Å²) in [5, 5.41) is 3.99. The molecule has 0 aliphatic rings. The van der Waals surface area contributed by atoms with Gasteiger partial charge in [-0.3, -0.25) is 4.79 Å². The molecule has 3 rings (SSSR count). The molecule has 0 bridgehead atoms. The molecule has 0 aliphatic heterocycles. The fraction of sp³-hybridized carbons (Fsp3) is 0.250. The number of aryl methyl sites for hydroxylation is 1. The molecular weight excluding hydrogens is 410 g/mol. The van der Waals surface area contributed by atoms with E-state index >= 15 is 0 Å². The second kappa shape index (κ2) is 8.35. The fourth-order valence-electron chi connectivity index (χ4n) is 2.60. The fourth-order valence-corrected chi connectivity index (χ4v) is 3.00. The molecule has 1 aromatic heterocycles. The van der Waals surface area contributed by atoms with Gasteiger partial charge in [-0.15, -0.1) is 0 Å². The van der Waals surface area contributed by atoms with Crippen molar-refractivity contribution in [1.82, 2.24) is 15.0 Å². The number of rotatable bonds is 6. The van der Waals surface area contributed by atoms with Crippen molar-refractivity contribution in [2.45, 2.75) is 26.5 Å². The van der Waals surface area contributed by atoms with Crippen LogP contribution in [-0.2, 0) is 11.3 Å². The first-order chi connectivity index (χ1) is 12.9. The number of benzene rings is 2. The Morgan fingerprint density at radius 3 is 2.78 bits per heavy atom. The Kier molecular flexibility index (Phi) is 5.91. The lowest BCUT2D eigenvalue weighted by Gasteiger charge is -2.20. The standard InChI is InChI=1S/C20H20BrN3O3/c1-13-6-4-9-17(10-13)26-14(2)20(25)24(3)12-18-22-19(23-27-18)15-7-5-8-16(21)11-15/h4-11,14H,12H2,1-3H3. The van der Waals surface area contributed by atoms with Crippen LogP contribution in [0.4, 0.5) is 0 Å². The number of nitrogens with zero attached hydrogens (tertiary/aromatic N) is 3. The molecule has 0 saturated heterocycles. The summed E-state index contributed by atoms with van der Waals surface area (Å²) in [6.07, 6.45) is -0.621. The first-order valence-electron chi connectivity index (χ1n) is 8.49. The van der Waals surface area contributed by atoms with E-state index in [4.69, 9.17) is 9.26 Å². The zero-order valence-electron chi connectivity index (χ0n) is 15.3. The minimum atomic E-state index is -0.621. The van der Waals surface area contributed by atoms with E-state index in [0.717, 1.165) is 15.6 Å². The molecule has 27 heavy (non-hydrogen) atoms. The highest BCUT2D eigenvalue weighted by molar-refractivity contribution is 9.10. The molecule has 1 heterocycles. The largest absolute Gasteiger partial charge is 0.481 e. The lowest BCUT2D eigenvalue weighted by atomic mass is 10.2. The molecule has 0 fully saturated rings. The van der Waals surface area contributed by atoms with Gasteiger partial charge in [0.1, 0.15) is 5.75 Å². The highest BCUT2D eigenvalue weighted by Crippen LogP contribution is 2.21. The maximum Gasteiger partial charge on any atom is 0.263 e. The monoisotopic (exact) mass is 429 g/mol. The summed E-state index contributed by atoms with van der Waals surface area (Å²) >= 11 is 3.42. The number of halogens is 1. The van der Waals surface area contributed by atoms with E-state index in [0.29, 0.717) is 17.5 Å². The minimum absolute atomic E-state index is 0.168. The average Bonchev–Trinajstić information content (AvgIpc) is 3.09. The Morgan fingerprint density at radius 2 is 2.04 bits per heavy atom. The van der Waals surface area contributed by atoms with Crippen molar-refractivity contribution in [2.24, 2.45) is 0 Å². The van der Waals surface area contributed by atoms with Gasteiger partial charge in [-0.1, -0.05) is 45.4 Å². The van der Waals surface area contributed by atoms with Crippen LogP contribution in [0, 0.1) is 6.92 Å². The predicted molar refractivity (Wildman–Crippen MR) is 105 cm³/mol. The first kappa shape index (κ1) is 19.1. The SMILES string of the molecule is Cc1cccc(OC(C)C(=O)N(C)Cc2nc(-c3cccc(Br)c3)no2)c1. The number of carbonyl (C=O) groups is 1. The molecule has 2 aromatic carbocycles. The first-order valence-corrected chi connectivity index (χ1v) is 9.28. The third-order valence-electron chi connectivity index (χ3n) is 3.95. The number of carbonyl (C=O) groups excluding carboxylic acids is 1. The molecule has 1 unspecified atom stereocenters. The van der Waals surface area contributed by atoms with Crippen LogP contribution in [0.1, 0.15) is 18.4 Å². The van der Waals surface area contributed by atoms with E-state index in [1.165, 1.54) is 4.90 Å². The molecule has 3 aromatic rings. The van der Waals surface area contributed by atoms with E-state index in [1.807, 2.05) is 55.5 Å².